The lowest BCUT2D eigenvalue weighted by Crippen LogP contribution is -1.93. The van der Waals surface area contributed by atoms with Crippen LogP contribution in [0.15, 0.2) is 0 Å². The van der Waals surface area contributed by atoms with E-state index in [4.69, 9.17) is 5.26 Å². The fourth-order valence-corrected chi connectivity index (χ4v) is 0.0264. The molecule has 3 heteroatoms. The number of hydrogen-bond donors (Lipinski definition) is 1. The van der Waals surface area contributed by atoms with E-state index >= 15 is 0 Å². The molecular formula is C3H2O3. The Morgan fingerprint density at radius 1 is 2.00 bits per heavy atom. The Morgan fingerprint density at radius 3 is 2.50 bits per heavy atom. The van der Waals surface area contributed by atoms with E-state index in [-0.39, 0.29) is 0 Å². The molecule has 0 saturated carbocycles. The highest BCUT2D eigenvalue weighted by molar-refractivity contribution is 5.86. The zero-order valence-corrected chi connectivity index (χ0v) is 2.84. The quantitative estimate of drug-likeness (QED) is 0.248. The van der Waals surface area contributed by atoms with Crippen molar-refractivity contribution in [2.45, 2.75) is 0 Å². The van der Waals surface area contributed by atoms with Gasteiger partial charge in [-0.25, -0.2) is 4.79 Å². The van der Waals surface area contributed by atoms with Gasteiger partial charge in [0.1, 0.15) is 0 Å². The fourth-order valence-electron chi connectivity index (χ4n) is 0.0264. The maximum Gasteiger partial charge on any atom is 0.416 e. The summed E-state index contributed by atoms with van der Waals surface area (Å²) in [7, 11) is 0. The van der Waals surface area contributed by atoms with Crippen molar-refractivity contribution in [1.82, 2.24) is 0 Å². The first-order chi connectivity index (χ1) is 2.81. The number of hydrogen-bond acceptors (Lipinski definition) is 3. The van der Waals surface area contributed by atoms with Gasteiger partial charge in [-0.05, 0) is 0 Å². The van der Waals surface area contributed by atoms with Crippen LogP contribution < -0.4 is 0 Å². The molecule has 6 heavy (non-hydrogen) atoms. The average Bonchev–Trinajstić information content (AvgIpc) is 1.65. The van der Waals surface area contributed by atoms with E-state index in [1.165, 1.54) is 5.92 Å². The molecule has 0 atom stereocenters. The number of carbonyl (C=O) groups excluding carboxylic acids is 1. The van der Waals surface area contributed by atoms with Crippen LogP contribution >= 0.6 is 0 Å². The van der Waals surface area contributed by atoms with Crippen molar-refractivity contribution in [3.8, 4) is 12.3 Å². The SMILES string of the molecule is C#CC(=O)OO. The molecule has 0 spiro atoms. The van der Waals surface area contributed by atoms with Crippen LogP contribution in [0, 0.1) is 12.3 Å². The minimum Gasteiger partial charge on any atom is -0.286 e. The van der Waals surface area contributed by atoms with Crippen LogP contribution in [-0.4, -0.2) is 11.2 Å². The molecule has 0 aromatic carbocycles. The topological polar surface area (TPSA) is 46.5 Å². The van der Waals surface area contributed by atoms with Crippen LogP contribution in [0.2, 0.25) is 0 Å². The van der Waals surface area contributed by atoms with Gasteiger partial charge in [0.15, 0.2) is 0 Å². The standard InChI is InChI=1S/C3H2O3/c1-2-3(4)6-5/h1,5H. The van der Waals surface area contributed by atoms with Gasteiger partial charge in [0.2, 0.25) is 0 Å². The van der Waals surface area contributed by atoms with E-state index in [2.05, 4.69) is 11.3 Å². The summed E-state index contributed by atoms with van der Waals surface area (Å²) in [6, 6.07) is 0. The van der Waals surface area contributed by atoms with Crippen LogP contribution in [0.25, 0.3) is 0 Å². The second-order valence-corrected chi connectivity index (χ2v) is 0.523. The van der Waals surface area contributed by atoms with Gasteiger partial charge < -0.3 is 0 Å². The summed E-state index contributed by atoms with van der Waals surface area (Å²) >= 11 is 0. The van der Waals surface area contributed by atoms with Gasteiger partial charge in [-0.1, -0.05) is 0 Å². The Labute approximate surface area is 34.5 Å². The highest BCUT2D eigenvalue weighted by atomic mass is 17.1. The first kappa shape index (κ1) is 4.99. The van der Waals surface area contributed by atoms with E-state index < -0.39 is 5.97 Å². The summed E-state index contributed by atoms with van der Waals surface area (Å²) < 4.78 is 0. The number of carbonyl (C=O) groups is 1. The molecule has 0 amide bonds. The van der Waals surface area contributed by atoms with Crippen LogP contribution in [0.5, 0.6) is 0 Å². The Bertz CT molecular complexity index is 88.7. The van der Waals surface area contributed by atoms with Crippen molar-refractivity contribution >= 4 is 5.97 Å². The zero-order chi connectivity index (χ0) is 4.99. The van der Waals surface area contributed by atoms with E-state index in [1.807, 2.05) is 0 Å². The largest absolute Gasteiger partial charge is 0.416 e. The highest BCUT2D eigenvalue weighted by Gasteiger charge is 1.86. The predicted molar refractivity (Wildman–Crippen MR) is 17.6 cm³/mol. The van der Waals surface area contributed by atoms with Gasteiger partial charge in [-0.2, -0.15) is 5.26 Å². The zero-order valence-electron chi connectivity index (χ0n) is 2.84. The molecule has 1 N–H and O–H groups in total. The molecule has 0 rings (SSSR count). The van der Waals surface area contributed by atoms with Gasteiger partial charge in [0.05, 0.1) is 0 Å². The van der Waals surface area contributed by atoms with E-state index in [0.29, 0.717) is 0 Å². The van der Waals surface area contributed by atoms with Crippen molar-refractivity contribution in [2.75, 3.05) is 0 Å². The Morgan fingerprint density at radius 2 is 2.50 bits per heavy atom. The molecule has 0 unspecified atom stereocenters. The Balaban J connectivity index is 3.33. The van der Waals surface area contributed by atoms with Crippen LogP contribution in [0.1, 0.15) is 0 Å². The third-order valence-electron chi connectivity index (χ3n) is 0.201. The lowest BCUT2D eigenvalue weighted by Gasteiger charge is -1.76. The van der Waals surface area contributed by atoms with E-state index in [0.717, 1.165) is 0 Å². The van der Waals surface area contributed by atoms with E-state index in [1.54, 1.807) is 0 Å². The smallest absolute Gasteiger partial charge is 0.286 e. The van der Waals surface area contributed by atoms with Crippen molar-refractivity contribution in [1.29, 1.82) is 0 Å². The number of rotatable bonds is 0. The molecule has 0 saturated heterocycles. The second kappa shape index (κ2) is 2.24. The molecule has 0 fully saturated rings. The summed E-state index contributed by atoms with van der Waals surface area (Å²) in [5, 5.41) is 7.34. The van der Waals surface area contributed by atoms with Crippen molar-refractivity contribution < 1.29 is 14.9 Å². The summed E-state index contributed by atoms with van der Waals surface area (Å²) in [5.41, 5.74) is 0. The predicted octanol–water partition coefficient (Wildman–Crippen LogP) is -0.364. The minimum absolute atomic E-state index is 1.07. The molecule has 0 aliphatic heterocycles. The average molecular weight is 86.0 g/mol. The van der Waals surface area contributed by atoms with Crippen molar-refractivity contribution in [3.05, 3.63) is 0 Å². The fraction of sp³-hybridized carbons (Fsp3) is 0. The summed E-state index contributed by atoms with van der Waals surface area (Å²) in [5.74, 6) is 0.429. The lowest BCUT2D eigenvalue weighted by molar-refractivity contribution is -0.226. The van der Waals surface area contributed by atoms with Gasteiger partial charge in [0.25, 0.3) is 0 Å². The van der Waals surface area contributed by atoms with Gasteiger partial charge >= 0.3 is 5.97 Å². The van der Waals surface area contributed by atoms with Crippen molar-refractivity contribution in [2.24, 2.45) is 0 Å². The summed E-state index contributed by atoms with van der Waals surface area (Å²) in [6.07, 6.45) is 4.40. The molecule has 3 nitrogen and oxygen atoms in total. The summed E-state index contributed by atoms with van der Waals surface area (Å²) in [4.78, 5) is 12.5. The van der Waals surface area contributed by atoms with Crippen molar-refractivity contribution in [3.63, 3.8) is 0 Å². The molecule has 0 aromatic heterocycles. The lowest BCUT2D eigenvalue weighted by atomic mass is 10.7. The van der Waals surface area contributed by atoms with Gasteiger partial charge in [-0.3, -0.25) is 4.89 Å². The van der Waals surface area contributed by atoms with Crippen LogP contribution in [0.3, 0.4) is 0 Å². The third kappa shape index (κ3) is 1.32. The Kier molecular flexibility index (Phi) is 1.86. The molecular weight excluding hydrogens is 84.0 g/mol. The molecule has 0 bridgehead atoms. The number of terminal acetylenes is 1. The first-order valence-electron chi connectivity index (χ1n) is 1.13. The molecule has 0 aliphatic rings. The molecule has 0 radical (unpaired) electrons. The van der Waals surface area contributed by atoms with Crippen LogP contribution in [-0.2, 0) is 9.68 Å². The molecule has 0 aromatic rings. The van der Waals surface area contributed by atoms with Gasteiger partial charge in [-0.15, -0.1) is 6.42 Å². The van der Waals surface area contributed by atoms with E-state index in [9.17, 15) is 4.79 Å². The third-order valence-corrected chi connectivity index (χ3v) is 0.201. The highest BCUT2D eigenvalue weighted by Crippen LogP contribution is 1.60. The minimum atomic E-state index is -1.07. The second-order valence-electron chi connectivity index (χ2n) is 0.523. The van der Waals surface area contributed by atoms with Crippen LogP contribution in [0.4, 0.5) is 0 Å². The summed E-state index contributed by atoms with van der Waals surface area (Å²) in [6.45, 7) is 0. The molecule has 32 valence electrons. The monoisotopic (exact) mass is 86.0 g/mol. The normalized spacial score (nSPS) is 6.00. The maximum absolute atomic E-state index is 9.47. The molecule has 0 heterocycles. The van der Waals surface area contributed by atoms with Gasteiger partial charge in [0, 0.05) is 5.92 Å². The maximum atomic E-state index is 9.47. The first-order valence-corrected chi connectivity index (χ1v) is 1.13. The molecule has 0 aliphatic carbocycles. The Hall–Kier alpha value is -1.01.